The zero-order chi connectivity index (χ0) is 9.84. The summed E-state index contributed by atoms with van der Waals surface area (Å²) >= 11 is 0. The van der Waals surface area contributed by atoms with Crippen LogP contribution >= 0.6 is 0 Å². The third kappa shape index (κ3) is 2.11. The molecule has 0 amide bonds. The van der Waals surface area contributed by atoms with Gasteiger partial charge < -0.3 is 10.8 Å². The molecule has 0 saturated carbocycles. The van der Waals surface area contributed by atoms with Gasteiger partial charge in [-0.1, -0.05) is 6.08 Å². The molecule has 1 unspecified atom stereocenters. The first kappa shape index (κ1) is 9.84. The van der Waals surface area contributed by atoms with E-state index in [1.165, 1.54) is 0 Å². The number of carboxylic acid groups (broad SMARTS) is 1. The van der Waals surface area contributed by atoms with E-state index in [0.29, 0.717) is 17.7 Å². The summed E-state index contributed by atoms with van der Waals surface area (Å²) in [6.45, 7) is 3.63. The first-order valence-electron chi connectivity index (χ1n) is 4.49. The highest BCUT2D eigenvalue weighted by Crippen LogP contribution is 2.29. The second kappa shape index (κ2) is 4.12. The lowest BCUT2D eigenvalue weighted by atomic mass is 9.85. The van der Waals surface area contributed by atoms with Crippen molar-refractivity contribution in [2.45, 2.75) is 25.7 Å². The fraction of sp³-hybridized carbons (Fsp3) is 0.500. The summed E-state index contributed by atoms with van der Waals surface area (Å²) in [7, 11) is 0. The zero-order valence-electron chi connectivity index (χ0n) is 7.62. The van der Waals surface area contributed by atoms with Gasteiger partial charge in [0.1, 0.15) is 0 Å². The van der Waals surface area contributed by atoms with Gasteiger partial charge in [-0.25, -0.2) is 4.79 Å². The topological polar surface area (TPSA) is 63.3 Å². The number of nitrogens with two attached hydrogens (primary N) is 1. The number of aliphatic carboxylic acids is 1. The third-order valence-electron chi connectivity index (χ3n) is 2.48. The standard InChI is InChI=1S/C10H15NO2/c1-2-4-7-5-3-6-8(9(7)11)10(12)13/h2,7H,1,3-6,11H2,(H,12,13). The molecule has 0 radical (unpaired) electrons. The number of allylic oxidation sites excluding steroid dienone is 2. The number of hydrogen-bond acceptors (Lipinski definition) is 2. The molecule has 1 rings (SSSR count). The van der Waals surface area contributed by atoms with Crippen molar-refractivity contribution in [1.82, 2.24) is 0 Å². The number of carbonyl (C=O) groups is 1. The summed E-state index contributed by atoms with van der Waals surface area (Å²) in [6, 6.07) is 0. The molecule has 13 heavy (non-hydrogen) atoms. The molecule has 0 aromatic rings. The van der Waals surface area contributed by atoms with Gasteiger partial charge in [-0.05, 0) is 25.7 Å². The van der Waals surface area contributed by atoms with Crippen LogP contribution in [0.3, 0.4) is 0 Å². The minimum absolute atomic E-state index is 0.192. The van der Waals surface area contributed by atoms with E-state index in [1.807, 2.05) is 0 Å². The molecule has 0 aromatic heterocycles. The number of hydrogen-bond donors (Lipinski definition) is 2. The molecule has 3 N–H and O–H groups in total. The summed E-state index contributed by atoms with van der Waals surface area (Å²) in [4.78, 5) is 10.8. The van der Waals surface area contributed by atoms with E-state index in [9.17, 15) is 4.79 Å². The van der Waals surface area contributed by atoms with Crippen molar-refractivity contribution >= 4 is 5.97 Å². The molecule has 0 aliphatic heterocycles. The Morgan fingerprint density at radius 3 is 3.00 bits per heavy atom. The average Bonchev–Trinajstić information content (AvgIpc) is 2.08. The highest BCUT2D eigenvalue weighted by Gasteiger charge is 2.23. The van der Waals surface area contributed by atoms with Gasteiger partial charge in [-0.3, -0.25) is 0 Å². The van der Waals surface area contributed by atoms with E-state index in [4.69, 9.17) is 10.8 Å². The average molecular weight is 181 g/mol. The molecule has 0 heterocycles. The van der Waals surface area contributed by atoms with E-state index in [0.717, 1.165) is 19.3 Å². The maximum absolute atomic E-state index is 10.8. The van der Waals surface area contributed by atoms with Crippen molar-refractivity contribution in [2.75, 3.05) is 0 Å². The van der Waals surface area contributed by atoms with Gasteiger partial charge in [0.05, 0.1) is 5.57 Å². The molecule has 3 heteroatoms. The highest BCUT2D eigenvalue weighted by molar-refractivity contribution is 5.87. The van der Waals surface area contributed by atoms with Crippen LogP contribution in [0.1, 0.15) is 25.7 Å². The first-order valence-corrected chi connectivity index (χ1v) is 4.49. The van der Waals surface area contributed by atoms with Crippen molar-refractivity contribution in [2.24, 2.45) is 11.7 Å². The largest absolute Gasteiger partial charge is 0.478 e. The predicted molar refractivity (Wildman–Crippen MR) is 51.0 cm³/mol. The Labute approximate surface area is 77.9 Å². The third-order valence-corrected chi connectivity index (χ3v) is 2.48. The first-order chi connectivity index (χ1) is 6.16. The Kier molecular flexibility index (Phi) is 3.12. The second-order valence-electron chi connectivity index (χ2n) is 3.35. The summed E-state index contributed by atoms with van der Waals surface area (Å²) in [6.07, 6.45) is 5.08. The quantitative estimate of drug-likeness (QED) is 0.651. The molecule has 0 fully saturated rings. The Balaban J connectivity index is 2.84. The van der Waals surface area contributed by atoms with E-state index in [-0.39, 0.29) is 5.92 Å². The fourth-order valence-corrected chi connectivity index (χ4v) is 1.75. The predicted octanol–water partition coefficient (Wildman–Crippen LogP) is 1.66. The molecule has 0 saturated heterocycles. The van der Waals surface area contributed by atoms with Crippen molar-refractivity contribution < 1.29 is 9.90 Å². The van der Waals surface area contributed by atoms with Crippen molar-refractivity contribution in [3.05, 3.63) is 23.9 Å². The highest BCUT2D eigenvalue weighted by atomic mass is 16.4. The molecule has 72 valence electrons. The van der Waals surface area contributed by atoms with Crippen LogP contribution < -0.4 is 5.73 Å². The van der Waals surface area contributed by atoms with Crippen molar-refractivity contribution in [3.8, 4) is 0 Å². The van der Waals surface area contributed by atoms with Crippen LogP contribution in [0, 0.1) is 5.92 Å². The molecule has 0 bridgehead atoms. The molecular weight excluding hydrogens is 166 g/mol. The van der Waals surface area contributed by atoms with Crippen LogP contribution in [0.25, 0.3) is 0 Å². The summed E-state index contributed by atoms with van der Waals surface area (Å²) in [5, 5.41) is 8.83. The van der Waals surface area contributed by atoms with E-state index in [1.54, 1.807) is 6.08 Å². The van der Waals surface area contributed by atoms with Crippen LogP contribution in [0.2, 0.25) is 0 Å². The zero-order valence-corrected chi connectivity index (χ0v) is 7.62. The molecule has 1 aliphatic rings. The number of rotatable bonds is 3. The van der Waals surface area contributed by atoms with Crippen molar-refractivity contribution in [3.63, 3.8) is 0 Å². The normalized spacial score (nSPS) is 22.9. The summed E-state index contributed by atoms with van der Waals surface area (Å²) in [5.74, 6) is -0.677. The second-order valence-corrected chi connectivity index (χ2v) is 3.35. The van der Waals surface area contributed by atoms with Gasteiger partial charge in [-0.2, -0.15) is 0 Å². The smallest absolute Gasteiger partial charge is 0.333 e. The molecule has 3 nitrogen and oxygen atoms in total. The van der Waals surface area contributed by atoms with Gasteiger partial charge in [-0.15, -0.1) is 6.58 Å². The lowest BCUT2D eigenvalue weighted by Crippen LogP contribution is -2.22. The Morgan fingerprint density at radius 1 is 1.77 bits per heavy atom. The molecule has 1 aliphatic carbocycles. The van der Waals surface area contributed by atoms with Gasteiger partial charge >= 0.3 is 5.97 Å². The van der Waals surface area contributed by atoms with Crippen LogP contribution in [0.15, 0.2) is 23.9 Å². The molecule has 1 atom stereocenters. The van der Waals surface area contributed by atoms with Gasteiger partial charge in [0, 0.05) is 11.6 Å². The minimum atomic E-state index is -0.869. The Hall–Kier alpha value is -1.25. The lowest BCUT2D eigenvalue weighted by molar-refractivity contribution is -0.133. The minimum Gasteiger partial charge on any atom is -0.478 e. The Morgan fingerprint density at radius 2 is 2.46 bits per heavy atom. The van der Waals surface area contributed by atoms with Gasteiger partial charge in [0.2, 0.25) is 0 Å². The monoisotopic (exact) mass is 181 g/mol. The maximum atomic E-state index is 10.8. The SMILES string of the molecule is C=CCC1CCCC(C(=O)O)=C1N. The van der Waals surface area contributed by atoms with Crippen LogP contribution in [0.4, 0.5) is 0 Å². The van der Waals surface area contributed by atoms with E-state index in [2.05, 4.69) is 6.58 Å². The molecular formula is C10H15NO2. The summed E-state index contributed by atoms with van der Waals surface area (Å²) < 4.78 is 0. The Bertz CT molecular complexity index is 256. The van der Waals surface area contributed by atoms with E-state index < -0.39 is 5.97 Å². The molecule has 0 aromatic carbocycles. The van der Waals surface area contributed by atoms with Crippen LogP contribution in [-0.2, 0) is 4.79 Å². The van der Waals surface area contributed by atoms with Gasteiger partial charge in [0.25, 0.3) is 0 Å². The van der Waals surface area contributed by atoms with Crippen LogP contribution in [-0.4, -0.2) is 11.1 Å². The van der Waals surface area contributed by atoms with Gasteiger partial charge in [0.15, 0.2) is 0 Å². The maximum Gasteiger partial charge on any atom is 0.333 e. The summed E-state index contributed by atoms with van der Waals surface area (Å²) in [5.41, 5.74) is 6.72. The van der Waals surface area contributed by atoms with E-state index >= 15 is 0 Å². The number of carboxylic acids is 1. The lowest BCUT2D eigenvalue weighted by Gasteiger charge is -2.23. The van der Waals surface area contributed by atoms with Crippen LogP contribution in [0.5, 0.6) is 0 Å². The molecule has 0 spiro atoms. The van der Waals surface area contributed by atoms with Crippen molar-refractivity contribution in [1.29, 1.82) is 0 Å². The fourth-order valence-electron chi connectivity index (χ4n) is 1.75.